The van der Waals surface area contributed by atoms with E-state index >= 15 is 0 Å². The van der Waals surface area contributed by atoms with E-state index in [1.54, 1.807) is 18.3 Å². The van der Waals surface area contributed by atoms with Crippen LogP contribution in [0.25, 0.3) is 0 Å². The fraction of sp³-hybridized carbons (Fsp3) is 0.444. The lowest BCUT2D eigenvalue weighted by Gasteiger charge is -2.10. The van der Waals surface area contributed by atoms with Crippen LogP contribution >= 0.6 is 11.3 Å². The number of rotatable bonds is 5. The van der Waals surface area contributed by atoms with Gasteiger partial charge >= 0.3 is 5.97 Å². The van der Waals surface area contributed by atoms with E-state index < -0.39 is 12.1 Å². The zero-order chi connectivity index (χ0) is 9.68. The molecule has 0 unspecified atom stereocenters. The second-order valence-corrected chi connectivity index (χ2v) is 3.60. The summed E-state index contributed by atoms with van der Waals surface area (Å²) in [5.74, 6) is -0.893. The highest BCUT2D eigenvalue weighted by Gasteiger charge is 2.17. The van der Waals surface area contributed by atoms with Gasteiger partial charge in [-0.05, 0) is 18.4 Å². The molecule has 0 aromatic carbocycles. The molecule has 0 saturated carbocycles. The Kier molecular flexibility index (Phi) is 3.92. The van der Waals surface area contributed by atoms with Crippen molar-refractivity contribution in [2.24, 2.45) is 0 Å². The van der Waals surface area contributed by atoms with Crippen molar-refractivity contribution in [1.29, 1.82) is 0 Å². The summed E-state index contributed by atoms with van der Waals surface area (Å²) in [5, 5.41) is 10.7. The molecule has 0 fully saturated rings. The third kappa shape index (κ3) is 3.16. The molecule has 0 aliphatic carbocycles. The van der Waals surface area contributed by atoms with E-state index in [4.69, 9.17) is 9.84 Å². The Balaban J connectivity index is 2.52. The summed E-state index contributed by atoms with van der Waals surface area (Å²) in [6.45, 7) is 2.23. The molecule has 1 heterocycles. The molecular formula is C9H12O3S. The summed E-state index contributed by atoms with van der Waals surface area (Å²) in [6.07, 6.45) is -0.246. The third-order valence-electron chi connectivity index (χ3n) is 1.61. The normalized spacial score (nSPS) is 12.7. The number of hydrogen-bond acceptors (Lipinski definition) is 3. The summed E-state index contributed by atoms with van der Waals surface area (Å²) in [6, 6.07) is 3.82. The first-order valence-corrected chi connectivity index (χ1v) is 4.98. The highest BCUT2D eigenvalue weighted by Crippen LogP contribution is 2.12. The molecule has 0 radical (unpaired) electrons. The van der Waals surface area contributed by atoms with Gasteiger partial charge in [-0.1, -0.05) is 6.07 Å². The van der Waals surface area contributed by atoms with Crippen molar-refractivity contribution in [1.82, 2.24) is 0 Å². The third-order valence-corrected chi connectivity index (χ3v) is 2.51. The number of carboxylic acid groups (broad SMARTS) is 1. The smallest absolute Gasteiger partial charge is 0.333 e. The van der Waals surface area contributed by atoms with Gasteiger partial charge < -0.3 is 9.84 Å². The van der Waals surface area contributed by atoms with Gasteiger partial charge in [-0.25, -0.2) is 4.79 Å². The average Bonchev–Trinajstić information content (AvgIpc) is 2.56. The maximum absolute atomic E-state index is 10.7. The largest absolute Gasteiger partial charge is 0.479 e. The quantitative estimate of drug-likeness (QED) is 0.788. The minimum Gasteiger partial charge on any atom is -0.479 e. The van der Waals surface area contributed by atoms with Gasteiger partial charge in [0, 0.05) is 17.9 Å². The Morgan fingerprint density at radius 1 is 1.77 bits per heavy atom. The van der Waals surface area contributed by atoms with Crippen molar-refractivity contribution >= 4 is 17.3 Å². The van der Waals surface area contributed by atoms with Gasteiger partial charge in [-0.3, -0.25) is 0 Å². The van der Waals surface area contributed by atoms with Gasteiger partial charge in [0.1, 0.15) is 0 Å². The second kappa shape index (κ2) is 4.99. The average molecular weight is 200 g/mol. The molecule has 3 nitrogen and oxygen atoms in total. The molecule has 0 aliphatic heterocycles. The number of thiophene rings is 1. The predicted octanol–water partition coefficient (Wildman–Crippen LogP) is 1.78. The molecule has 0 spiro atoms. The lowest BCUT2D eigenvalue weighted by molar-refractivity contribution is -0.149. The zero-order valence-corrected chi connectivity index (χ0v) is 8.21. The van der Waals surface area contributed by atoms with Crippen LogP contribution in [0, 0.1) is 0 Å². The Labute approximate surface area is 81.0 Å². The summed E-state index contributed by atoms with van der Waals surface area (Å²) in [5.41, 5.74) is 0. The van der Waals surface area contributed by atoms with Crippen molar-refractivity contribution in [3.05, 3.63) is 22.4 Å². The van der Waals surface area contributed by atoms with Crippen LogP contribution in [0.1, 0.15) is 11.8 Å². The number of ether oxygens (including phenoxy) is 1. The molecule has 0 saturated heterocycles. The van der Waals surface area contributed by atoms with Crippen molar-refractivity contribution < 1.29 is 14.6 Å². The van der Waals surface area contributed by atoms with Gasteiger partial charge in [-0.15, -0.1) is 11.3 Å². The molecule has 1 N–H and O–H groups in total. The predicted molar refractivity (Wildman–Crippen MR) is 51.1 cm³/mol. The lowest BCUT2D eigenvalue weighted by Crippen LogP contribution is -2.25. The molecule has 1 aromatic rings. The van der Waals surface area contributed by atoms with E-state index in [9.17, 15) is 4.79 Å². The number of aliphatic carboxylic acids is 1. The van der Waals surface area contributed by atoms with E-state index in [-0.39, 0.29) is 0 Å². The summed E-state index contributed by atoms with van der Waals surface area (Å²) in [7, 11) is 0. The molecule has 0 amide bonds. The molecule has 1 rings (SSSR count). The first kappa shape index (κ1) is 10.2. The Morgan fingerprint density at radius 2 is 2.54 bits per heavy atom. The van der Waals surface area contributed by atoms with Crippen LogP contribution in [0.15, 0.2) is 17.5 Å². The molecule has 72 valence electrons. The fourth-order valence-electron chi connectivity index (χ4n) is 1.03. The van der Waals surface area contributed by atoms with Crippen LogP contribution in [0.2, 0.25) is 0 Å². The summed E-state index contributed by atoms with van der Waals surface area (Å²) in [4.78, 5) is 11.7. The Morgan fingerprint density at radius 3 is 3.00 bits per heavy atom. The van der Waals surface area contributed by atoms with E-state index in [0.29, 0.717) is 13.0 Å². The first-order chi connectivity index (χ1) is 6.24. The highest BCUT2D eigenvalue weighted by molar-refractivity contribution is 7.09. The SMILES string of the molecule is CCO[C@@H](Cc1cccs1)C(=O)O. The number of hydrogen-bond donors (Lipinski definition) is 1. The van der Waals surface area contributed by atoms with Crippen LogP contribution in [0.3, 0.4) is 0 Å². The van der Waals surface area contributed by atoms with Crippen LogP contribution in [0.5, 0.6) is 0 Å². The van der Waals surface area contributed by atoms with E-state index in [0.717, 1.165) is 4.88 Å². The molecule has 1 atom stereocenters. The summed E-state index contributed by atoms with van der Waals surface area (Å²) >= 11 is 1.55. The van der Waals surface area contributed by atoms with Crippen LogP contribution in [0.4, 0.5) is 0 Å². The van der Waals surface area contributed by atoms with Crippen molar-refractivity contribution in [3.8, 4) is 0 Å². The van der Waals surface area contributed by atoms with Gasteiger partial charge in [0.15, 0.2) is 6.10 Å². The lowest BCUT2D eigenvalue weighted by atomic mass is 10.2. The van der Waals surface area contributed by atoms with Gasteiger partial charge in [0.05, 0.1) is 0 Å². The van der Waals surface area contributed by atoms with Crippen molar-refractivity contribution in [2.75, 3.05) is 6.61 Å². The summed E-state index contributed by atoms with van der Waals surface area (Å²) < 4.78 is 5.08. The van der Waals surface area contributed by atoms with Crippen LogP contribution in [-0.2, 0) is 16.0 Å². The molecule has 1 aromatic heterocycles. The minimum atomic E-state index is -0.893. The van der Waals surface area contributed by atoms with E-state index in [1.165, 1.54) is 0 Å². The van der Waals surface area contributed by atoms with Crippen molar-refractivity contribution in [2.45, 2.75) is 19.4 Å². The van der Waals surface area contributed by atoms with Gasteiger partial charge in [0.25, 0.3) is 0 Å². The van der Waals surface area contributed by atoms with E-state index in [2.05, 4.69) is 0 Å². The Hall–Kier alpha value is -0.870. The first-order valence-electron chi connectivity index (χ1n) is 4.10. The zero-order valence-electron chi connectivity index (χ0n) is 7.40. The highest BCUT2D eigenvalue weighted by atomic mass is 32.1. The molecule has 0 aliphatic rings. The minimum absolute atomic E-state index is 0.433. The van der Waals surface area contributed by atoms with Gasteiger partial charge in [0.2, 0.25) is 0 Å². The van der Waals surface area contributed by atoms with Crippen LogP contribution < -0.4 is 0 Å². The standard InChI is InChI=1S/C9H12O3S/c1-2-12-8(9(10)11)6-7-4-3-5-13-7/h3-5,8H,2,6H2,1H3,(H,10,11)/t8-/m0/s1. The number of carbonyl (C=O) groups is 1. The monoisotopic (exact) mass is 200 g/mol. The van der Waals surface area contributed by atoms with E-state index in [1.807, 2.05) is 17.5 Å². The molecule has 13 heavy (non-hydrogen) atoms. The molecule has 4 heteroatoms. The maximum atomic E-state index is 10.7. The maximum Gasteiger partial charge on any atom is 0.333 e. The van der Waals surface area contributed by atoms with Gasteiger partial charge in [-0.2, -0.15) is 0 Å². The van der Waals surface area contributed by atoms with Crippen molar-refractivity contribution in [3.63, 3.8) is 0 Å². The molecule has 0 bridgehead atoms. The molecular weight excluding hydrogens is 188 g/mol. The Bertz CT molecular complexity index is 256. The fourth-order valence-corrected chi connectivity index (χ4v) is 1.77. The topological polar surface area (TPSA) is 46.5 Å². The number of carboxylic acids is 1. The van der Waals surface area contributed by atoms with Crippen LogP contribution in [-0.4, -0.2) is 23.8 Å². The second-order valence-electron chi connectivity index (χ2n) is 2.57.